The molecule has 0 bridgehead atoms. The van der Waals surface area contributed by atoms with Crippen molar-refractivity contribution in [3.05, 3.63) is 59.2 Å². The van der Waals surface area contributed by atoms with Crippen LogP contribution in [0.4, 0.5) is 0 Å². The lowest BCUT2D eigenvalue weighted by Crippen LogP contribution is -2.23. The first-order valence-electron chi connectivity index (χ1n) is 7.18. The van der Waals surface area contributed by atoms with E-state index in [0.717, 1.165) is 16.9 Å². The third kappa shape index (κ3) is 4.09. The van der Waals surface area contributed by atoms with E-state index in [-0.39, 0.29) is 12.5 Å². The van der Waals surface area contributed by atoms with Gasteiger partial charge in [0.25, 0.3) is 0 Å². The number of nitrogens with zero attached hydrogens (tertiary/aromatic N) is 1. The number of benzene rings is 2. The molecule has 0 aliphatic rings. The molecule has 1 N–H and O–H groups in total. The van der Waals surface area contributed by atoms with Crippen molar-refractivity contribution in [1.29, 1.82) is 0 Å². The Hall–Kier alpha value is -2.33. The van der Waals surface area contributed by atoms with Gasteiger partial charge in [-0.2, -0.15) is 0 Å². The fourth-order valence-electron chi connectivity index (χ4n) is 2.05. The Balaban J connectivity index is 2.28. The minimum atomic E-state index is -0.0401. The highest BCUT2D eigenvalue weighted by Gasteiger charge is 2.11. The molecule has 0 aromatic heterocycles. The number of aryl methyl sites for hydroxylation is 1. The molecule has 0 spiro atoms. The van der Waals surface area contributed by atoms with Crippen LogP contribution < -0.4 is 4.74 Å². The molecule has 0 saturated carbocycles. The predicted molar refractivity (Wildman–Crippen MR) is 85.8 cm³/mol. The summed E-state index contributed by atoms with van der Waals surface area (Å²) in [5.74, 6) is 1.42. The Labute approximate surface area is 131 Å². The summed E-state index contributed by atoms with van der Waals surface area (Å²) in [6, 6.07) is 13.3. The summed E-state index contributed by atoms with van der Waals surface area (Å²) >= 11 is 0. The number of hydrogen-bond donors (Lipinski definition) is 1. The number of aliphatic hydroxyl groups excluding tert-OH is 1. The molecule has 0 aliphatic heterocycles. The van der Waals surface area contributed by atoms with E-state index in [4.69, 9.17) is 4.74 Å². The first-order valence-corrected chi connectivity index (χ1v) is 7.18. The van der Waals surface area contributed by atoms with Crippen LogP contribution >= 0.6 is 0 Å². The molecule has 2 aromatic carbocycles. The van der Waals surface area contributed by atoms with Crippen LogP contribution in [0.2, 0.25) is 0 Å². The van der Waals surface area contributed by atoms with Crippen molar-refractivity contribution in [3.63, 3.8) is 0 Å². The van der Waals surface area contributed by atoms with Crippen LogP contribution in [0.15, 0.2) is 42.5 Å². The number of rotatable bonds is 5. The van der Waals surface area contributed by atoms with Crippen LogP contribution in [0.5, 0.6) is 11.5 Å². The number of hydrogen-bond acceptors (Lipinski definition) is 3. The quantitative estimate of drug-likeness (QED) is 0.922. The Morgan fingerprint density at radius 2 is 1.86 bits per heavy atom. The Bertz CT molecular complexity index is 650. The second-order valence-electron chi connectivity index (χ2n) is 5.39. The van der Waals surface area contributed by atoms with Crippen molar-refractivity contribution < 1.29 is 14.6 Å². The van der Waals surface area contributed by atoms with Crippen LogP contribution in [-0.2, 0) is 17.9 Å². The second-order valence-corrected chi connectivity index (χ2v) is 5.39. The van der Waals surface area contributed by atoms with Crippen molar-refractivity contribution in [1.82, 2.24) is 4.90 Å². The summed E-state index contributed by atoms with van der Waals surface area (Å²) in [5.41, 5.74) is 2.83. The maximum Gasteiger partial charge on any atom is 0.219 e. The largest absolute Gasteiger partial charge is 0.457 e. The Kier molecular flexibility index (Phi) is 5.17. The van der Waals surface area contributed by atoms with Crippen LogP contribution in [0, 0.1) is 6.92 Å². The lowest BCUT2D eigenvalue weighted by atomic mass is 10.1. The summed E-state index contributed by atoms with van der Waals surface area (Å²) in [6.45, 7) is 3.94. The molecule has 0 aliphatic carbocycles. The molecular weight excluding hydrogens is 278 g/mol. The van der Waals surface area contributed by atoms with E-state index in [1.54, 1.807) is 11.9 Å². The van der Waals surface area contributed by atoms with Gasteiger partial charge in [-0.05, 0) is 36.8 Å². The van der Waals surface area contributed by atoms with Gasteiger partial charge in [0.05, 0.1) is 6.61 Å². The summed E-state index contributed by atoms with van der Waals surface area (Å²) in [6.07, 6.45) is 0. The molecule has 0 unspecified atom stereocenters. The first kappa shape index (κ1) is 16.0. The molecule has 0 radical (unpaired) electrons. The van der Waals surface area contributed by atoms with E-state index < -0.39 is 0 Å². The van der Waals surface area contributed by atoms with Gasteiger partial charge < -0.3 is 14.7 Å². The van der Waals surface area contributed by atoms with Crippen LogP contribution in [-0.4, -0.2) is 23.0 Å². The Morgan fingerprint density at radius 1 is 1.18 bits per heavy atom. The normalized spacial score (nSPS) is 10.4. The number of aliphatic hydroxyl groups is 1. The molecule has 0 heterocycles. The van der Waals surface area contributed by atoms with Crippen LogP contribution in [0.25, 0.3) is 0 Å². The van der Waals surface area contributed by atoms with Crippen molar-refractivity contribution in [3.8, 4) is 11.5 Å². The SMILES string of the molecule is CC(=O)N(C)Cc1cc(CO)ccc1Oc1ccc(C)cc1. The highest BCUT2D eigenvalue weighted by Crippen LogP contribution is 2.27. The standard InChI is InChI=1S/C18H21NO3/c1-13-4-7-17(8-5-13)22-18-9-6-15(12-20)10-16(18)11-19(3)14(2)21/h4-10,20H,11-12H2,1-3H3. The molecule has 2 aromatic rings. The lowest BCUT2D eigenvalue weighted by molar-refractivity contribution is -0.128. The van der Waals surface area contributed by atoms with Gasteiger partial charge in [-0.1, -0.05) is 23.8 Å². The summed E-state index contributed by atoms with van der Waals surface area (Å²) in [5, 5.41) is 9.30. The van der Waals surface area contributed by atoms with E-state index in [9.17, 15) is 9.90 Å². The minimum absolute atomic E-state index is 0.0179. The van der Waals surface area contributed by atoms with Gasteiger partial charge >= 0.3 is 0 Å². The van der Waals surface area contributed by atoms with Gasteiger partial charge in [0.2, 0.25) is 5.91 Å². The highest BCUT2D eigenvalue weighted by atomic mass is 16.5. The van der Waals surface area contributed by atoms with Gasteiger partial charge in [-0.3, -0.25) is 4.79 Å². The van der Waals surface area contributed by atoms with E-state index in [1.165, 1.54) is 12.5 Å². The van der Waals surface area contributed by atoms with E-state index in [0.29, 0.717) is 12.3 Å². The van der Waals surface area contributed by atoms with Gasteiger partial charge in [0.1, 0.15) is 11.5 Å². The molecule has 1 amide bonds. The van der Waals surface area contributed by atoms with Crippen LogP contribution in [0.3, 0.4) is 0 Å². The number of ether oxygens (including phenoxy) is 1. The smallest absolute Gasteiger partial charge is 0.219 e. The average molecular weight is 299 g/mol. The molecule has 116 valence electrons. The lowest BCUT2D eigenvalue weighted by Gasteiger charge is -2.18. The first-order chi connectivity index (χ1) is 10.5. The highest BCUT2D eigenvalue weighted by molar-refractivity contribution is 5.73. The molecule has 0 fully saturated rings. The monoisotopic (exact) mass is 299 g/mol. The summed E-state index contributed by atoms with van der Waals surface area (Å²) in [7, 11) is 1.74. The molecule has 4 nitrogen and oxygen atoms in total. The zero-order chi connectivity index (χ0) is 16.1. The third-order valence-electron chi connectivity index (χ3n) is 3.50. The van der Waals surface area contributed by atoms with Crippen molar-refractivity contribution >= 4 is 5.91 Å². The maximum atomic E-state index is 11.4. The van der Waals surface area contributed by atoms with E-state index in [2.05, 4.69) is 0 Å². The van der Waals surface area contributed by atoms with Gasteiger partial charge in [0, 0.05) is 26.1 Å². The van der Waals surface area contributed by atoms with Crippen molar-refractivity contribution in [2.45, 2.75) is 27.0 Å². The predicted octanol–water partition coefficient (Wildman–Crippen LogP) is 3.26. The van der Waals surface area contributed by atoms with E-state index >= 15 is 0 Å². The summed E-state index contributed by atoms with van der Waals surface area (Å²) < 4.78 is 5.93. The number of carbonyl (C=O) groups excluding carboxylic acids is 1. The maximum absolute atomic E-state index is 11.4. The average Bonchev–Trinajstić information content (AvgIpc) is 2.51. The van der Waals surface area contributed by atoms with Gasteiger partial charge in [0.15, 0.2) is 0 Å². The molecule has 2 rings (SSSR count). The number of amides is 1. The minimum Gasteiger partial charge on any atom is -0.457 e. The van der Waals surface area contributed by atoms with Crippen molar-refractivity contribution in [2.24, 2.45) is 0 Å². The molecule has 0 atom stereocenters. The Morgan fingerprint density at radius 3 is 2.45 bits per heavy atom. The molecule has 4 heteroatoms. The third-order valence-corrected chi connectivity index (χ3v) is 3.50. The molecule has 22 heavy (non-hydrogen) atoms. The van der Waals surface area contributed by atoms with Gasteiger partial charge in [-0.25, -0.2) is 0 Å². The van der Waals surface area contributed by atoms with Gasteiger partial charge in [-0.15, -0.1) is 0 Å². The molecular formula is C18H21NO3. The zero-order valence-electron chi connectivity index (χ0n) is 13.2. The fraction of sp³-hybridized carbons (Fsp3) is 0.278. The molecule has 0 saturated heterocycles. The zero-order valence-corrected chi connectivity index (χ0v) is 13.2. The topological polar surface area (TPSA) is 49.8 Å². The van der Waals surface area contributed by atoms with Crippen molar-refractivity contribution in [2.75, 3.05) is 7.05 Å². The van der Waals surface area contributed by atoms with Crippen LogP contribution in [0.1, 0.15) is 23.6 Å². The van der Waals surface area contributed by atoms with E-state index in [1.807, 2.05) is 49.4 Å². The fourth-order valence-corrected chi connectivity index (χ4v) is 2.05. The summed E-state index contributed by atoms with van der Waals surface area (Å²) in [4.78, 5) is 13.1. The second kappa shape index (κ2) is 7.09. The number of carbonyl (C=O) groups is 1.